The highest BCUT2D eigenvalue weighted by atomic mass is 32.2. The molecular formula is C22H26N6O4S. The van der Waals surface area contributed by atoms with Crippen LogP contribution in [0.4, 0.5) is 0 Å². The minimum absolute atomic E-state index is 0.133. The molecule has 1 saturated heterocycles. The molecule has 0 bridgehead atoms. The third-order valence-electron chi connectivity index (χ3n) is 5.79. The first kappa shape index (κ1) is 22.9. The van der Waals surface area contributed by atoms with E-state index in [1.54, 1.807) is 17.8 Å². The lowest BCUT2D eigenvalue weighted by Gasteiger charge is -2.31. The number of hydrogen-bond acceptors (Lipinski definition) is 6. The molecule has 174 valence electrons. The van der Waals surface area contributed by atoms with E-state index in [-0.39, 0.29) is 10.5 Å². The van der Waals surface area contributed by atoms with Crippen LogP contribution in [0.3, 0.4) is 0 Å². The summed E-state index contributed by atoms with van der Waals surface area (Å²) in [4.78, 5) is 31.5. The van der Waals surface area contributed by atoms with E-state index < -0.39 is 27.9 Å². The first-order valence-electron chi connectivity index (χ1n) is 10.6. The molecule has 3 aromatic rings. The molecule has 0 spiro atoms. The summed E-state index contributed by atoms with van der Waals surface area (Å²) in [7, 11) is -1.66. The van der Waals surface area contributed by atoms with Gasteiger partial charge in [0.25, 0.3) is 11.8 Å². The molecule has 0 aliphatic carbocycles. The molecule has 4 rings (SSSR count). The first-order valence-corrected chi connectivity index (χ1v) is 12.0. The molecule has 2 heterocycles. The number of nitrogens with zero attached hydrogens (tertiary/aromatic N) is 4. The van der Waals surface area contributed by atoms with Crippen molar-refractivity contribution in [2.45, 2.75) is 17.9 Å². The van der Waals surface area contributed by atoms with Gasteiger partial charge in [-0.15, -0.1) is 0 Å². The lowest BCUT2D eigenvalue weighted by Crippen LogP contribution is -2.47. The van der Waals surface area contributed by atoms with E-state index >= 15 is 0 Å². The molecule has 1 unspecified atom stereocenters. The third kappa shape index (κ3) is 4.75. The van der Waals surface area contributed by atoms with Gasteiger partial charge in [0.05, 0.1) is 22.3 Å². The van der Waals surface area contributed by atoms with E-state index in [9.17, 15) is 18.0 Å². The van der Waals surface area contributed by atoms with E-state index in [4.69, 9.17) is 0 Å². The van der Waals surface area contributed by atoms with Crippen molar-refractivity contribution in [2.24, 2.45) is 0 Å². The number of carbonyl (C=O) groups excluding carboxylic acids is 2. The molecule has 2 aromatic carbocycles. The first-order chi connectivity index (χ1) is 15.8. The average molecular weight is 471 g/mol. The molecule has 0 radical (unpaired) electrons. The van der Waals surface area contributed by atoms with Crippen molar-refractivity contribution in [1.29, 1.82) is 0 Å². The second kappa shape index (κ2) is 9.30. The molecule has 2 amide bonds. The Morgan fingerprint density at radius 1 is 0.970 bits per heavy atom. The Bertz CT molecular complexity index is 1260. The van der Waals surface area contributed by atoms with Gasteiger partial charge in [0.15, 0.2) is 0 Å². The Morgan fingerprint density at radius 2 is 1.64 bits per heavy atom. The summed E-state index contributed by atoms with van der Waals surface area (Å²) in [6, 6.07) is 12.5. The molecule has 1 fully saturated rings. The number of hydrazine groups is 1. The smallest absolute Gasteiger partial charge is 0.269 e. The van der Waals surface area contributed by atoms with Gasteiger partial charge >= 0.3 is 0 Å². The zero-order chi connectivity index (χ0) is 23.6. The average Bonchev–Trinajstić information content (AvgIpc) is 3.26. The van der Waals surface area contributed by atoms with Gasteiger partial charge in [-0.25, -0.2) is 13.4 Å². The van der Waals surface area contributed by atoms with Crippen molar-refractivity contribution in [2.75, 3.05) is 33.2 Å². The molecule has 33 heavy (non-hydrogen) atoms. The highest BCUT2D eigenvalue weighted by Gasteiger charge is 2.27. The number of fused-ring (bicyclic) bond motifs is 1. The standard InChI is InChI=1S/C22H26N6O4S/c1-16(28-15-23-19-5-3-4-6-20(19)28)21(29)24-25-22(30)17-7-9-18(10-8-17)33(31,32)27-13-11-26(2)12-14-27/h3-10,15-16H,11-14H2,1-2H3,(H,24,29)(H,25,30). The van der Waals surface area contributed by atoms with Crippen molar-refractivity contribution in [1.82, 2.24) is 29.6 Å². The zero-order valence-corrected chi connectivity index (χ0v) is 19.2. The second-order valence-electron chi connectivity index (χ2n) is 7.99. The number of nitrogens with one attached hydrogen (secondary N) is 2. The van der Waals surface area contributed by atoms with Crippen molar-refractivity contribution in [3.8, 4) is 0 Å². The van der Waals surface area contributed by atoms with Crippen LogP contribution in [-0.4, -0.2) is 72.2 Å². The Morgan fingerprint density at radius 3 is 2.33 bits per heavy atom. The number of piperazine rings is 1. The van der Waals surface area contributed by atoms with Crippen LogP contribution in [0, 0.1) is 0 Å². The van der Waals surface area contributed by atoms with Crippen molar-refractivity contribution < 1.29 is 18.0 Å². The molecule has 1 atom stereocenters. The van der Waals surface area contributed by atoms with Crippen LogP contribution >= 0.6 is 0 Å². The summed E-state index contributed by atoms with van der Waals surface area (Å²) in [5, 5.41) is 0. The highest BCUT2D eigenvalue weighted by molar-refractivity contribution is 7.89. The van der Waals surface area contributed by atoms with Gasteiger partial charge in [0.2, 0.25) is 10.0 Å². The maximum atomic E-state index is 12.8. The lowest BCUT2D eigenvalue weighted by molar-refractivity contribution is -0.124. The highest BCUT2D eigenvalue weighted by Crippen LogP contribution is 2.19. The van der Waals surface area contributed by atoms with Crippen molar-refractivity contribution in [3.05, 3.63) is 60.4 Å². The minimum atomic E-state index is -3.61. The minimum Gasteiger partial charge on any atom is -0.318 e. The van der Waals surface area contributed by atoms with Crippen LogP contribution in [0.1, 0.15) is 23.3 Å². The summed E-state index contributed by atoms with van der Waals surface area (Å²) in [6.07, 6.45) is 1.58. The summed E-state index contributed by atoms with van der Waals surface area (Å²) < 4.78 is 28.8. The number of amides is 2. The number of hydrogen-bond donors (Lipinski definition) is 2. The largest absolute Gasteiger partial charge is 0.318 e. The van der Waals surface area contributed by atoms with Crippen LogP contribution in [0.15, 0.2) is 59.8 Å². The monoisotopic (exact) mass is 470 g/mol. The molecule has 10 nitrogen and oxygen atoms in total. The van der Waals surface area contributed by atoms with Crippen molar-refractivity contribution >= 4 is 32.9 Å². The molecule has 0 saturated carbocycles. The van der Waals surface area contributed by atoms with Gasteiger partial charge in [-0.3, -0.25) is 20.4 Å². The fraction of sp³-hybridized carbons (Fsp3) is 0.318. The van der Waals surface area contributed by atoms with Gasteiger partial charge in [0.1, 0.15) is 6.04 Å². The number of para-hydroxylation sites is 2. The van der Waals surface area contributed by atoms with Gasteiger partial charge in [0, 0.05) is 31.7 Å². The van der Waals surface area contributed by atoms with E-state index in [1.165, 1.54) is 28.6 Å². The van der Waals surface area contributed by atoms with E-state index in [1.807, 2.05) is 31.3 Å². The maximum absolute atomic E-state index is 12.8. The van der Waals surface area contributed by atoms with Crippen LogP contribution in [0.25, 0.3) is 11.0 Å². The van der Waals surface area contributed by atoms with E-state index in [0.717, 1.165) is 11.0 Å². The van der Waals surface area contributed by atoms with Gasteiger partial charge in [-0.2, -0.15) is 4.31 Å². The van der Waals surface area contributed by atoms with Gasteiger partial charge in [-0.05, 0) is 50.4 Å². The number of sulfonamides is 1. The number of likely N-dealkylation sites (N-methyl/N-ethyl adjacent to an activating group) is 1. The molecular weight excluding hydrogens is 444 g/mol. The molecule has 1 aromatic heterocycles. The quantitative estimate of drug-likeness (QED) is 0.538. The topological polar surface area (TPSA) is 117 Å². The SMILES string of the molecule is CC(C(=O)NNC(=O)c1ccc(S(=O)(=O)N2CCN(C)CC2)cc1)n1cnc2ccccc21. The zero-order valence-electron chi connectivity index (χ0n) is 18.4. The lowest BCUT2D eigenvalue weighted by atomic mass is 10.2. The van der Waals surface area contributed by atoms with Crippen molar-refractivity contribution in [3.63, 3.8) is 0 Å². The van der Waals surface area contributed by atoms with Crippen LogP contribution in [-0.2, 0) is 14.8 Å². The Balaban J connectivity index is 1.37. The predicted molar refractivity (Wildman–Crippen MR) is 123 cm³/mol. The number of benzene rings is 2. The van der Waals surface area contributed by atoms with Gasteiger partial charge in [-0.1, -0.05) is 12.1 Å². The summed E-state index contributed by atoms with van der Waals surface area (Å²) >= 11 is 0. The summed E-state index contributed by atoms with van der Waals surface area (Å²) in [5.41, 5.74) is 6.60. The Labute approximate surface area is 192 Å². The molecule has 1 aliphatic rings. The van der Waals surface area contributed by atoms with E-state index in [0.29, 0.717) is 26.2 Å². The summed E-state index contributed by atoms with van der Waals surface area (Å²) in [5.74, 6) is -0.963. The number of rotatable bonds is 5. The van der Waals surface area contributed by atoms with Crippen LogP contribution in [0.2, 0.25) is 0 Å². The number of carbonyl (C=O) groups is 2. The normalized spacial score (nSPS) is 16.4. The van der Waals surface area contributed by atoms with Crippen LogP contribution < -0.4 is 10.9 Å². The number of imidazole rings is 1. The van der Waals surface area contributed by atoms with Crippen LogP contribution in [0.5, 0.6) is 0 Å². The molecule has 11 heteroatoms. The van der Waals surface area contributed by atoms with E-state index in [2.05, 4.69) is 20.7 Å². The fourth-order valence-corrected chi connectivity index (χ4v) is 5.09. The molecule has 2 N–H and O–H groups in total. The Kier molecular flexibility index (Phi) is 6.45. The fourth-order valence-electron chi connectivity index (χ4n) is 3.66. The molecule has 1 aliphatic heterocycles. The third-order valence-corrected chi connectivity index (χ3v) is 7.71. The number of aromatic nitrogens is 2. The second-order valence-corrected chi connectivity index (χ2v) is 9.93. The summed E-state index contributed by atoms with van der Waals surface area (Å²) in [6.45, 7) is 3.90. The van der Waals surface area contributed by atoms with Gasteiger partial charge < -0.3 is 9.47 Å². The Hall–Kier alpha value is -3.28. The maximum Gasteiger partial charge on any atom is 0.269 e. The predicted octanol–water partition coefficient (Wildman–Crippen LogP) is 0.995.